The number of hydrogen-bond acceptors (Lipinski definition) is 5. The lowest BCUT2D eigenvalue weighted by Gasteiger charge is -2.29. The first kappa shape index (κ1) is 19.3. The summed E-state index contributed by atoms with van der Waals surface area (Å²) in [6.45, 7) is 2.05. The Kier molecular flexibility index (Phi) is 4.71. The lowest BCUT2D eigenvalue weighted by atomic mass is 9.90. The second-order valence-corrected chi connectivity index (χ2v) is 7.75. The molecule has 3 aromatic rings. The van der Waals surface area contributed by atoms with Gasteiger partial charge < -0.3 is 5.11 Å². The number of anilines is 2. The summed E-state index contributed by atoms with van der Waals surface area (Å²) in [6.07, 6.45) is -0.0825. The summed E-state index contributed by atoms with van der Waals surface area (Å²) in [6, 6.07) is 23.0. The molecule has 2 amide bonds. The predicted octanol–water partition coefficient (Wildman–Crippen LogP) is 4.01. The highest BCUT2D eigenvalue weighted by Crippen LogP contribution is 2.49. The van der Waals surface area contributed by atoms with Gasteiger partial charge in [0.1, 0.15) is 11.7 Å². The first-order valence-electron chi connectivity index (χ1n) is 10.4. The maximum atomic E-state index is 13.5. The summed E-state index contributed by atoms with van der Waals surface area (Å²) in [4.78, 5) is 34.1. The molecule has 0 aliphatic carbocycles. The van der Waals surface area contributed by atoms with Crippen molar-refractivity contribution < 1.29 is 19.5 Å². The van der Waals surface area contributed by atoms with Crippen molar-refractivity contribution in [2.45, 2.75) is 25.5 Å². The van der Waals surface area contributed by atoms with E-state index in [0.717, 1.165) is 12.0 Å². The molecule has 3 atom stereocenters. The molecule has 1 N–H and O–H groups in total. The molecule has 2 heterocycles. The molecule has 3 unspecified atom stereocenters. The van der Waals surface area contributed by atoms with Crippen molar-refractivity contribution in [3.05, 3.63) is 90.0 Å². The number of rotatable bonds is 4. The number of amides is 2. The maximum absolute atomic E-state index is 13.5. The molecule has 5 rings (SSSR count). The molecule has 2 saturated heterocycles. The second-order valence-electron chi connectivity index (χ2n) is 7.75. The minimum Gasteiger partial charge on any atom is -0.508 e. The summed E-state index contributed by atoms with van der Waals surface area (Å²) in [5.74, 6) is -1.43. The van der Waals surface area contributed by atoms with Crippen LogP contribution in [0.3, 0.4) is 0 Å². The zero-order valence-corrected chi connectivity index (χ0v) is 17.0. The summed E-state index contributed by atoms with van der Waals surface area (Å²) in [5.41, 5.74) is 2.92. The Morgan fingerprint density at radius 3 is 2.19 bits per heavy atom. The van der Waals surface area contributed by atoms with Crippen LogP contribution in [-0.2, 0) is 20.8 Å². The topological polar surface area (TPSA) is 70.1 Å². The number of carbonyl (C=O) groups excluding carboxylic acids is 2. The normalized spacial score (nSPS) is 22.8. The van der Waals surface area contributed by atoms with Crippen LogP contribution < -0.4 is 9.96 Å². The maximum Gasteiger partial charge on any atom is 0.266 e. The SMILES string of the molecule is CCc1ccc(N2C(=O)C3ON(c4ccccc4)C(c4ccccc4O)C3C2=O)cc1. The van der Waals surface area contributed by atoms with Crippen molar-refractivity contribution in [1.82, 2.24) is 0 Å². The molecule has 156 valence electrons. The van der Waals surface area contributed by atoms with Crippen LogP contribution in [0.4, 0.5) is 11.4 Å². The zero-order valence-electron chi connectivity index (χ0n) is 17.0. The molecule has 2 aliphatic rings. The minimum absolute atomic E-state index is 0.0590. The Hall–Kier alpha value is -3.64. The highest BCUT2D eigenvalue weighted by molar-refractivity contribution is 6.23. The molecule has 6 heteroatoms. The molecule has 0 radical (unpaired) electrons. The van der Waals surface area contributed by atoms with E-state index in [1.54, 1.807) is 41.5 Å². The fourth-order valence-corrected chi connectivity index (χ4v) is 4.40. The highest BCUT2D eigenvalue weighted by Gasteiger charge is 2.60. The van der Waals surface area contributed by atoms with E-state index in [9.17, 15) is 14.7 Å². The van der Waals surface area contributed by atoms with Gasteiger partial charge >= 0.3 is 0 Å². The van der Waals surface area contributed by atoms with E-state index >= 15 is 0 Å². The molecular weight excluding hydrogens is 392 g/mol. The van der Waals surface area contributed by atoms with E-state index in [2.05, 4.69) is 6.92 Å². The first-order valence-corrected chi connectivity index (χ1v) is 10.4. The number of imide groups is 1. The van der Waals surface area contributed by atoms with Gasteiger partial charge in [-0.2, -0.15) is 0 Å². The average molecular weight is 414 g/mol. The van der Waals surface area contributed by atoms with Crippen LogP contribution in [0.15, 0.2) is 78.9 Å². The van der Waals surface area contributed by atoms with E-state index < -0.39 is 24.0 Å². The fourth-order valence-electron chi connectivity index (χ4n) is 4.40. The van der Waals surface area contributed by atoms with Gasteiger partial charge in [0.05, 0.1) is 17.4 Å². The first-order chi connectivity index (χ1) is 15.1. The van der Waals surface area contributed by atoms with Gasteiger partial charge in [-0.05, 0) is 42.3 Å². The predicted molar refractivity (Wildman–Crippen MR) is 116 cm³/mol. The second kappa shape index (κ2) is 7.56. The highest BCUT2D eigenvalue weighted by atomic mass is 16.7. The third kappa shape index (κ3) is 3.07. The molecule has 3 aromatic carbocycles. The number of para-hydroxylation sites is 2. The number of fused-ring (bicyclic) bond motifs is 1. The Morgan fingerprint density at radius 2 is 1.52 bits per heavy atom. The van der Waals surface area contributed by atoms with E-state index in [0.29, 0.717) is 16.9 Å². The number of phenolic OH excluding ortho intramolecular Hbond substituents is 1. The average Bonchev–Trinajstić information content (AvgIpc) is 3.31. The Balaban J connectivity index is 1.58. The number of phenols is 1. The molecule has 31 heavy (non-hydrogen) atoms. The lowest BCUT2D eigenvalue weighted by Crippen LogP contribution is -2.37. The van der Waals surface area contributed by atoms with E-state index in [1.807, 2.05) is 42.5 Å². The van der Waals surface area contributed by atoms with Crippen molar-refractivity contribution in [2.24, 2.45) is 5.92 Å². The van der Waals surface area contributed by atoms with Crippen LogP contribution in [0, 0.1) is 5.92 Å². The van der Waals surface area contributed by atoms with Crippen LogP contribution in [0.25, 0.3) is 0 Å². The molecule has 0 bridgehead atoms. The standard InChI is InChI=1S/C25H22N2O4/c1-2-16-12-14-17(15-13-16)26-24(29)21-22(19-10-6-7-11-20(19)28)27(31-23(21)25(26)30)18-8-4-3-5-9-18/h3-15,21-23,28H,2H2,1H3. The Labute approximate surface area is 180 Å². The van der Waals surface area contributed by atoms with Crippen LogP contribution in [0.5, 0.6) is 5.75 Å². The Bertz CT molecular complexity index is 1130. The van der Waals surface area contributed by atoms with Crippen molar-refractivity contribution in [3.63, 3.8) is 0 Å². The number of nitrogens with zero attached hydrogens (tertiary/aromatic N) is 2. The quantitative estimate of drug-likeness (QED) is 0.654. The summed E-state index contributed by atoms with van der Waals surface area (Å²) < 4.78 is 0. The third-order valence-corrected chi connectivity index (χ3v) is 5.98. The van der Waals surface area contributed by atoms with Crippen LogP contribution >= 0.6 is 0 Å². The van der Waals surface area contributed by atoms with Gasteiger partial charge in [-0.3, -0.25) is 14.4 Å². The van der Waals surface area contributed by atoms with Crippen molar-refractivity contribution >= 4 is 23.2 Å². The number of carbonyl (C=O) groups is 2. The van der Waals surface area contributed by atoms with E-state index in [-0.39, 0.29) is 11.7 Å². The number of hydrogen-bond donors (Lipinski definition) is 1. The number of aryl methyl sites for hydroxylation is 1. The Morgan fingerprint density at radius 1 is 0.839 bits per heavy atom. The lowest BCUT2D eigenvalue weighted by molar-refractivity contribution is -0.126. The number of hydroxylamine groups is 1. The monoisotopic (exact) mass is 414 g/mol. The van der Waals surface area contributed by atoms with Gasteiger partial charge in [0, 0.05) is 5.56 Å². The van der Waals surface area contributed by atoms with Gasteiger partial charge in [0.15, 0.2) is 6.10 Å². The third-order valence-electron chi connectivity index (χ3n) is 5.98. The smallest absolute Gasteiger partial charge is 0.266 e. The largest absolute Gasteiger partial charge is 0.508 e. The molecule has 0 spiro atoms. The van der Waals surface area contributed by atoms with Crippen molar-refractivity contribution in [3.8, 4) is 5.75 Å². The molecular formula is C25H22N2O4. The van der Waals surface area contributed by atoms with Gasteiger partial charge in [0.25, 0.3) is 5.91 Å². The molecule has 0 aromatic heterocycles. The minimum atomic E-state index is -0.955. The van der Waals surface area contributed by atoms with Crippen molar-refractivity contribution in [2.75, 3.05) is 9.96 Å². The van der Waals surface area contributed by atoms with E-state index in [4.69, 9.17) is 4.84 Å². The zero-order chi connectivity index (χ0) is 21.5. The van der Waals surface area contributed by atoms with Gasteiger partial charge in [0.2, 0.25) is 5.91 Å². The number of aromatic hydroxyl groups is 1. The van der Waals surface area contributed by atoms with Crippen LogP contribution in [0.1, 0.15) is 24.1 Å². The number of benzene rings is 3. The van der Waals surface area contributed by atoms with E-state index in [1.165, 1.54) is 4.90 Å². The van der Waals surface area contributed by atoms with Gasteiger partial charge in [-0.25, -0.2) is 9.96 Å². The summed E-state index contributed by atoms with van der Waals surface area (Å²) in [7, 11) is 0. The molecule has 0 saturated carbocycles. The molecule has 6 nitrogen and oxygen atoms in total. The van der Waals surface area contributed by atoms with Crippen molar-refractivity contribution in [1.29, 1.82) is 0 Å². The van der Waals surface area contributed by atoms with Crippen LogP contribution in [-0.4, -0.2) is 23.0 Å². The van der Waals surface area contributed by atoms with Gasteiger partial charge in [-0.15, -0.1) is 0 Å². The summed E-state index contributed by atoms with van der Waals surface area (Å²) >= 11 is 0. The van der Waals surface area contributed by atoms with Crippen LogP contribution in [0.2, 0.25) is 0 Å². The molecule has 2 fully saturated rings. The summed E-state index contributed by atoms with van der Waals surface area (Å²) in [5, 5.41) is 12.1. The van der Waals surface area contributed by atoms with Gasteiger partial charge in [-0.1, -0.05) is 55.5 Å². The fraction of sp³-hybridized carbons (Fsp3) is 0.200. The molecule has 2 aliphatic heterocycles.